The number of hydrogen-bond donors (Lipinski definition) is 0. The minimum absolute atomic E-state index is 0.135. The number of hydrogen-bond acceptors (Lipinski definition) is 5. The van der Waals surface area contributed by atoms with Gasteiger partial charge in [0.2, 0.25) is 0 Å². The number of pyridine rings is 1. The van der Waals surface area contributed by atoms with E-state index in [0.29, 0.717) is 29.3 Å². The molecule has 0 radical (unpaired) electrons. The Labute approximate surface area is 149 Å². The lowest BCUT2D eigenvalue weighted by atomic mass is 10.2. The maximum absolute atomic E-state index is 12.8. The van der Waals surface area contributed by atoms with E-state index in [2.05, 4.69) is 20.9 Å². The van der Waals surface area contributed by atoms with Gasteiger partial charge in [0.15, 0.2) is 5.03 Å². The molecule has 1 aromatic carbocycles. The molecule has 24 heavy (non-hydrogen) atoms. The summed E-state index contributed by atoms with van der Waals surface area (Å²) in [6, 6.07) is 7.15. The lowest BCUT2D eigenvalue weighted by Gasteiger charge is -2.17. The number of nitrogens with zero attached hydrogens (tertiary/aromatic N) is 2. The number of aromatic nitrogens is 1. The predicted molar refractivity (Wildman–Crippen MR) is 92.7 cm³/mol. The van der Waals surface area contributed by atoms with Crippen LogP contribution in [0.1, 0.15) is 16.8 Å². The Morgan fingerprint density at radius 1 is 1.25 bits per heavy atom. The largest absolute Gasteiger partial charge is 0.497 e. The molecule has 0 spiro atoms. The van der Waals surface area contributed by atoms with Crippen LogP contribution in [0.3, 0.4) is 0 Å². The van der Waals surface area contributed by atoms with Gasteiger partial charge in [0.1, 0.15) is 11.5 Å². The first-order chi connectivity index (χ1) is 11.4. The van der Waals surface area contributed by atoms with Crippen molar-refractivity contribution in [1.82, 2.24) is 9.29 Å². The van der Waals surface area contributed by atoms with Crippen molar-refractivity contribution in [3.8, 4) is 11.5 Å². The SMILES string of the molecule is COc1ccc(CN2Cc3cc(Br)c(C)nc3S2(=O)=O)c(OC)c1. The molecule has 8 heteroatoms. The van der Waals surface area contributed by atoms with Crippen molar-refractivity contribution < 1.29 is 17.9 Å². The van der Waals surface area contributed by atoms with E-state index in [-0.39, 0.29) is 11.6 Å². The molecule has 0 N–H and O–H groups in total. The van der Waals surface area contributed by atoms with Crippen molar-refractivity contribution in [1.29, 1.82) is 0 Å². The normalized spacial score (nSPS) is 16.0. The summed E-state index contributed by atoms with van der Waals surface area (Å²) < 4.78 is 38.3. The molecule has 1 aliphatic heterocycles. The van der Waals surface area contributed by atoms with Gasteiger partial charge in [-0.1, -0.05) is 6.07 Å². The van der Waals surface area contributed by atoms with Gasteiger partial charge >= 0.3 is 0 Å². The highest BCUT2D eigenvalue weighted by Crippen LogP contribution is 2.34. The molecule has 6 nitrogen and oxygen atoms in total. The number of fused-ring (bicyclic) bond motifs is 1. The molecule has 0 aliphatic carbocycles. The van der Waals surface area contributed by atoms with Crippen molar-refractivity contribution >= 4 is 26.0 Å². The Bertz CT molecular complexity index is 899. The molecule has 0 saturated heterocycles. The summed E-state index contributed by atoms with van der Waals surface area (Å²) in [6.07, 6.45) is 0. The van der Waals surface area contributed by atoms with Crippen molar-refractivity contribution in [2.24, 2.45) is 0 Å². The third kappa shape index (κ3) is 2.89. The molecule has 0 saturated carbocycles. The van der Waals surface area contributed by atoms with E-state index in [1.807, 2.05) is 12.1 Å². The van der Waals surface area contributed by atoms with Crippen LogP contribution < -0.4 is 9.47 Å². The maximum atomic E-state index is 12.8. The Morgan fingerprint density at radius 3 is 2.67 bits per heavy atom. The third-order valence-electron chi connectivity index (χ3n) is 3.96. The van der Waals surface area contributed by atoms with Crippen LogP contribution in [0.4, 0.5) is 0 Å². The Hall–Kier alpha value is -1.64. The molecule has 3 rings (SSSR count). The van der Waals surface area contributed by atoms with E-state index < -0.39 is 10.0 Å². The summed E-state index contributed by atoms with van der Waals surface area (Å²) in [5.41, 5.74) is 2.12. The van der Waals surface area contributed by atoms with Crippen LogP contribution >= 0.6 is 15.9 Å². The number of ether oxygens (including phenoxy) is 2. The minimum Gasteiger partial charge on any atom is -0.497 e. The highest BCUT2D eigenvalue weighted by Gasteiger charge is 2.37. The summed E-state index contributed by atoms with van der Waals surface area (Å²) in [6.45, 7) is 2.27. The number of benzene rings is 1. The maximum Gasteiger partial charge on any atom is 0.261 e. The molecule has 0 unspecified atom stereocenters. The van der Waals surface area contributed by atoms with Crippen molar-refractivity contribution in [2.75, 3.05) is 14.2 Å². The Balaban J connectivity index is 1.95. The first kappa shape index (κ1) is 17.2. The fraction of sp³-hybridized carbons (Fsp3) is 0.312. The average molecular weight is 413 g/mol. The summed E-state index contributed by atoms with van der Waals surface area (Å²) in [7, 11) is -0.489. The van der Waals surface area contributed by atoms with Gasteiger partial charge < -0.3 is 9.47 Å². The van der Waals surface area contributed by atoms with Crippen LogP contribution in [0.15, 0.2) is 33.8 Å². The molecule has 0 bridgehead atoms. The van der Waals surface area contributed by atoms with E-state index in [1.165, 1.54) is 4.31 Å². The number of sulfonamides is 1. The van der Waals surface area contributed by atoms with Gasteiger partial charge in [0.05, 0.1) is 19.9 Å². The van der Waals surface area contributed by atoms with Crippen molar-refractivity contribution in [3.05, 3.63) is 45.6 Å². The van der Waals surface area contributed by atoms with Crippen LogP contribution in [-0.2, 0) is 23.1 Å². The smallest absolute Gasteiger partial charge is 0.261 e. The highest BCUT2D eigenvalue weighted by atomic mass is 79.9. The molecule has 0 atom stereocenters. The Morgan fingerprint density at radius 2 is 2.00 bits per heavy atom. The van der Waals surface area contributed by atoms with Gasteiger partial charge in [-0.3, -0.25) is 0 Å². The van der Waals surface area contributed by atoms with Gasteiger partial charge in [0.25, 0.3) is 10.0 Å². The van der Waals surface area contributed by atoms with Gasteiger partial charge in [-0.2, -0.15) is 4.31 Å². The van der Waals surface area contributed by atoms with Crippen LogP contribution in [0.2, 0.25) is 0 Å². The summed E-state index contributed by atoms with van der Waals surface area (Å²) in [4.78, 5) is 4.24. The molecule has 2 heterocycles. The van der Waals surface area contributed by atoms with Crippen molar-refractivity contribution in [2.45, 2.75) is 25.0 Å². The number of halogens is 1. The fourth-order valence-corrected chi connectivity index (χ4v) is 4.58. The lowest BCUT2D eigenvalue weighted by Crippen LogP contribution is -2.24. The summed E-state index contributed by atoms with van der Waals surface area (Å²) >= 11 is 3.40. The second-order valence-corrected chi connectivity index (χ2v) is 8.18. The zero-order valence-corrected chi connectivity index (χ0v) is 15.9. The molecule has 1 aromatic heterocycles. The van der Waals surface area contributed by atoms with E-state index in [1.54, 1.807) is 33.3 Å². The summed E-state index contributed by atoms with van der Waals surface area (Å²) in [5, 5.41) is 0.135. The second-order valence-electron chi connectivity index (χ2n) is 5.47. The summed E-state index contributed by atoms with van der Waals surface area (Å²) in [5.74, 6) is 1.25. The van der Waals surface area contributed by atoms with Crippen LogP contribution in [0.5, 0.6) is 11.5 Å². The van der Waals surface area contributed by atoms with Gasteiger partial charge in [-0.15, -0.1) is 0 Å². The molecule has 2 aromatic rings. The lowest BCUT2D eigenvalue weighted by molar-refractivity contribution is 0.375. The van der Waals surface area contributed by atoms with E-state index in [0.717, 1.165) is 10.0 Å². The number of methoxy groups -OCH3 is 2. The number of aryl methyl sites for hydroxylation is 1. The fourth-order valence-electron chi connectivity index (χ4n) is 2.64. The molecular formula is C16H17BrN2O4S. The zero-order chi connectivity index (χ0) is 17.5. The Kier molecular flexibility index (Phi) is 4.54. The van der Waals surface area contributed by atoms with Crippen molar-refractivity contribution in [3.63, 3.8) is 0 Å². The monoisotopic (exact) mass is 412 g/mol. The quantitative estimate of drug-likeness (QED) is 0.771. The van der Waals surface area contributed by atoms with Gasteiger partial charge in [0, 0.05) is 34.8 Å². The molecular weight excluding hydrogens is 396 g/mol. The van der Waals surface area contributed by atoms with E-state index >= 15 is 0 Å². The molecule has 0 fully saturated rings. The molecule has 0 amide bonds. The zero-order valence-electron chi connectivity index (χ0n) is 13.5. The molecule has 128 valence electrons. The highest BCUT2D eigenvalue weighted by molar-refractivity contribution is 9.10. The van der Waals surface area contributed by atoms with Gasteiger partial charge in [-0.05, 0) is 35.0 Å². The first-order valence-electron chi connectivity index (χ1n) is 7.24. The first-order valence-corrected chi connectivity index (χ1v) is 9.47. The average Bonchev–Trinajstić information content (AvgIpc) is 2.79. The standard InChI is InChI=1S/C16H17BrN2O4S/c1-10-14(17)6-12-9-19(24(20,21)16(12)18-10)8-11-4-5-13(22-2)7-15(11)23-3/h4-7H,8-9H2,1-3H3. The van der Waals surface area contributed by atoms with Crippen LogP contribution in [0, 0.1) is 6.92 Å². The number of rotatable bonds is 4. The minimum atomic E-state index is -3.61. The van der Waals surface area contributed by atoms with Crippen LogP contribution in [0.25, 0.3) is 0 Å². The topological polar surface area (TPSA) is 68.7 Å². The van der Waals surface area contributed by atoms with E-state index in [4.69, 9.17) is 9.47 Å². The third-order valence-corrected chi connectivity index (χ3v) is 6.55. The van der Waals surface area contributed by atoms with Gasteiger partial charge in [-0.25, -0.2) is 13.4 Å². The molecule has 1 aliphatic rings. The van der Waals surface area contributed by atoms with E-state index in [9.17, 15) is 8.42 Å². The van der Waals surface area contributed by atoms with Crippen LogP contribution in [-0.4, -0.2) is 31.9 Å². The predicted octanol–water partition coefficient (Wildman–Crippen LogP) is 2.87. The second kappa shape index (κ2) is 6.34.